The Morgan fingerprint density at radius 1 is 1.21 bits per heavy atom. The van der Waals surface area contributed by atoms with Gasteiger partial charge in [0.05, 0.1) is 5.41 Å². The van der Waals surface area contributed by atoms with Crippen molar-refractivity contribution in [1.82, 2.24) is 0 Å². The van der Waals surface area contributed by atoms with Gasteiger partial charge in [0.15, 0.2) is 0 Å². The Kier molecular flexibility index (Phi) is 4.16. The molecule has 0 saturated heterocycles. The number of hydrogen-bond acceptors (Lipinski definition) is 1. The van der Waals surface area contributed by atoms with Crippen molar-refractivity contribution < 1.29 is 9.90 Å². The minimum Gasteiger partial charge on any atom is -0.481 e. The van der Waals surface area contributed by atoms with Crippen molar-refractivity contribution in [2.75, 3.05) is 0 Å². The number of carboxylic acids is 1. The molecule has 0 aromatic rings. The molecule has 84 valence electrons. The molecule has 1 N–H and O–H groups in total. The maximum atomic E-state index is 11.3. The summed E-state index contributed by atoms with van der Waals surface area (Å²) in [6.45, 7) is 12.1. The van der Waals surface area contributed by atoms with E-state index in [0.29, 0.717) is 5.92 Å². The van der Waals surface area contributed by atoms with Gasteiger partial charge in [0.2, 0.25) is 0 Å². The second-order valence-corrected chi connectivity index (χ2v) is 5.82. The number of aliphatic carboxylic acids is 1. The minimum atomic E-state index is -0.675. The molecule has 0 fully saturated rings. The summed E-state index contributed by atoms with van der Waals surface area (Å²) in [6, 6.07) is 0. The van der Waals surface area contributed by atoms with Crippen molar-refractivity contribution in [3.8, 4) is 0 Å². The van der Waals surface area contributed by atoms with Crippen LogP contribution in [-0.2, 0) is 4.79 Å². The summed E-state index contributed by atoms with van der Waals surface area (Å²) in [5.41, 5.74) is -0.801. The molecular formula is C12H24O2. The summed E-state index contributed by atoms with van der Waals surface area (Å²) in [5, 5.41) is 9.28. The van der Waals surface area contributed by atoms with Crippen LogP contribution in [0.2, 0.25) is 0 Å². The van der Waals surface area contributed by atoms with Crippen LogP contribution in [0.3, 0.4) is 0 Å². The predicted octanol–water partition coefficient (Wildman–Crippen LogP) is 3.56. The van der Waals surface area contributed by atoms with E-state index < -0.39 is 11.4 Å². The Bertz CT molecular complexity index is 201. The fraction of sp³-hybridized carbons (Fsp3) is 0.917. The van der Waals surface area contributed by atoms with Gasteiger partial charge in [-0.05, 0) is 31.1 Å². The largest absolute Gasteiger partial charge is 0.481 e. The lowest BCUT2D eigenvalue weighted by molar-refractivity contribution is -0.155. The molecule has 0 aromatic heterocycles. The van der Waals surface area contributed by atoms with Gasteiger partial charge in [-0.25, -0.2) is 0 Å². The van der Waals surface area contributed by atoms with E-state index in [2.05, 4.69) is 13.8 Å². The van der Waals surface area contributed by atoms with Crippen molar-refractivity contribution in [2.24, 2.45) is 16.7 Å². The molecule has 0 aliphatic rings. The zero-order chi connectivity index (χ0) is 11.6. The Morgan fingerprint density at radius 3 is 1.86 bits per heavy atom. The SMILES string of the molecule is CC(C)CCC(C)(C(=O)O)C(C)(C)C. The third-order valence-electron chi connectivity index (χ3n) is 3.35. The molecule has 1 unspecified atom stereocenters. The summed E-state index contributed by atoms with van der Waals surface area (Å²) in [7, 11) is 0. The molecule has 2 nitrogen and oxygen atoms in total. The van der Waals surface area contributed by atoms with Gasteiger partial charge in [0.25, 0.3) is 0 Å². The lowest BCUT2D eigenvalue weighted by Crippen LogP contribution is -2.40. The summed E-state index contributed by atoms with van der Waals surface area (Å²) in [5.74, 6) is -0.110. The monoisotopic (exact) mass is 200 g/mol. The Hall–Kier alpha value is -0.530. The van der Waals surface area contributed by atoms with Crippen molar-refractivity contribution in [3.63, 3.8) is 0 Å². The average Bonchev–Trinajstić information content (AvgIpc) is 1.97. The molecule has 0 aliphatic carbocycles. The highest BCUT2D eigenvalue weighted by Crippen LogP contribution is 2.43. The first-order chi connectivity index (χ1) is 6.11. The van der Waals surface area contributed by atoms with E-state index in [9.17, 15) is 9.90 Å². The average molecular weight is 200 g/mol. The number of carboxylic acid groups (broad SMARTS) is 1. The molecule has 0 spiro atoms. The van der Waals surface area contributed by atoms with E-state index in [1.165, 1.54) is 0 Å². The molecular weight excluding hydrogens is 176 g/mol. The smallest absolute Gasteiger partial charge is 0.309 e. The fourth-order valence-electron chi connectivity index (χ4n) is 1.38. The molecule has 0 aliphatic heterocycles. The van der Waals surface area contributed by atoms with Crippen LogP contribution in [-0.4, -0.2) is 11.1 Å². The zero-order valence-corrected chi connectivity index (χ0v) is 10.3. The molecule has 0 rings (SSSR count). The summed E-state index contributed by atoms with van der Waals surface area (Å²) < 4.78 is 0. The van der Waals surface area contributed by atoms with E-state index in [-0.39, 0.29) is 5.41 Å². The van der Waals surface area contributed by atoms with Gasteiger partial charge in [-0.15, -0.1) is 0 Å². The molecule has 0 heterocycles. The Balaban J connectivity index is 4.67. The van der Waals surface area contributed by atoms with Gasteiger partial charge in [-0.3, -0.25) is 4.79 Å². The standard InChI is InChI=1S/C12H24O2/c1-9(2)7-8-12(6,10(13)14)11(3,4)5/h9H,7-8H2,1-6H3,(H,13,14). The number of carbonyl (C=O) groups is 1. The van der Waals surface area contributed by atoms with E-state index in [0.717, 1.165) is 12.8 Å². The van der Waals surface area contributed by atoms with Gasteiger partial charge in [-0.1, -0.05) is 34.6 Å². The molecule has 0 radical (unpaired) electrons. The molecule has 0 aromatic carbocycles. The van der Waals surface area contributed by atoms with Crippen LogP contribution in [0.5, 0.6) is 0 Å². The van der Waals surface area contributed by atoms with Crippen molar-refractivity contribution in [3.05, 3.63) is 0 Å². The molecule has 0 amide bonds. The summed E-state index contributed by atoms with van der Waals surface area (Å²) in [6.07, 6.45) is 1.73. The van der Waals surface area contributed by atoms with Crippen LogP contribution >= 0.6 is 0 Å². The first-order valence-corrected chi connectivity index (χ1v) is 5.34. The maximum Gasteiger partial charge on any atom is 0.309 e. The molecule has 14 heavy (non-hydrogen) atoms. The highest BCUT2D eigenvalue weighted by atomic mass is 16.4. The molecule has 0 bridgehead atoms. The lowest BCUT2D eigenvalue weighted by atomic mass is 9.65. The third kappa shape index (κ3) is 3.00. The lowest BCUT2D eigenvalue weighted by Gasteiger charge is -2.38. The van der Waals surface area contributed by atoms with E-state index in [4.69, 9.17) is 0 Å². The highest BCUT2D eigenvalue weighted by Gasteiger charge is 2.43. The van der Waals surface area contributed by atoms with Gasteiger partial charge >= 0.3 is 5.97 Å². The van der Waals surface area contributed by atoms with Crippen LogP contribution in [0.25, 0.3) is 0 Å². The van der Waals surface area contributed by atoms with E-state index in [1.807, 2.05) is 27.7 Å². The first-order valence-electron chi connectivity index (χ1n) is 5.34. The molecule has 1 atom stereocenters. The zero-order valence-electron chi connectivity index (χ0n) is 10.3. The number of hydrogen-bond donors (Lipinski definition) is 1. The second-order valence-electron chi connectivity index (χ2n) is 5.82. The fourth-order valence-corrected chi connectivity index (χ4v) is 1.38. The summed E-state index contributed by atoms with van der Waals surface area (Å²) in [4.78, 5) is 11.3. The van der Waals surface area contributed by atoms with E-state index >= 15 is 0 Å². The van der Waals surface area contributed by atoms with Gasteiger partial charge in [0.1, 0.15) is 0 Å². The third-order valence-corrected chi connectivity index (χ3v) is 3.35. The van der Waals surface area contributed by atoms with Crippen LogP contribution in [0.1, 0.15) is 54.4 Å². The minimum absolute atomic E-state index is 0.187. The van der Waals surface area contributed by atoms with Crippen LogP contribution in [0.4, 0.5) is 0 Å². The Labute approximate surface area is 87.7 Å². The molecule has 0 saturated carbocycles. The summed E-state index contributed by atoms with van der Waals surface area (Å²) >= 11 is 0. The maximum absolute atomic E-state index is 11.3. The normalized spacial score (nSPS) is 16.8. The van der Waals surface area contributed by atoms with Gasteiger partial charge < -0.3 is 5.11 Å². The quantitative estimate of drug-likeness (QED) is 0.753. The number of rotatable bonds is 4. The van der Waals surface area contributed by atoms with Crippen LogP contribution in [0.15, 0.2) is 0 Å². The second kappa shape index (κ2) is 4.33. The Morgan fingerprint density at radius 2 is 1.64 bits per heavy atom. The molecule has 2 heteroatoms. The van der Waals surface area contributed by atoms with Gasteiger partial charge in [0, 0.05) is 0 Å². The van der Waals surface area contributed by atoms with Crippen LogP contribution in [0, 0.1) is 16.7 Å². The van der Waals surface area contributed by atoms with Crippen molar-refractivity contribution in [1.29, 1.82) is 0 Å². The van der Waals surface area contributed by atoms with Crippen molar-refractivity contribution >= 4 is 5.97 Å². The van der Waals surface area contributed by atoms with Crippen molar-refractivity contribution in [2.45, 2.75) is 54.4 Å². The predicted molar refractivity (Wildman–Crippen MR) is 59.3 cm³/mol. The first kappa shape index (κ1) is 13.5. The van der Waals surface area contributed by atoms with Gasteiger partial charge in [-0.2, -0.15) is 0 Å². The topological polar surface area (TPSA) is 37.3 Å². The van der Waals surface area contributed by atoms with Crippen LogP contribution < -0.4 is 0 Å². The highest BCUT2D eigenvalue weighted by molar-refractivity contribution is 5.75. The van der Waals surface area contributed by atoms with E-state index in [1.54, 1.807) is 0 Å².